The van der Waals surface area contributed by atoms with Crippen molar-refractivity contribution in [3.63, 3.8) is 0 Å². The van der Waals surface area contributed by atoms with E-state index in [1.54, 1.807) is 0 Å². The number of aryl methyl sites for hydroxylation is 2. The maximum atomic E-state index is 12.0. The van der Waals surface area contributed by atoms with E-state index in [0.717, 1.165) is 31.6 Å². The largest absolute Gasteiger partial charge is 0.338 e. The van der Waals surface area contributed by atoms with Crippen LogP contribution in [0, 0.1) is 5.92 Å². The molecule has 5 heteroatoms. The number of aromatic nitrogens is 2. The summed E-state index contributed by atoms with van der Waals surface area (Å²) >= 11 is 0. The van der Waals surface area contributed by atoms with E-state index in [-0.39, 0.29) is 6.03 Å². The number of fused-ring (bicyclic) bond motifs is 1. The fourth-order valence-electron chi connectivity index (χ4n) is 3.76. The summed E-state index contributed by atoms with van der Waals surface area (Å²) in [5, 5.41) is 5.95. The summed E-state index contributed by atoms with van der Waals surface area (Å²) in [6, 6.07) is 10.5. The Kier molecular flexibility index (Phi) is 4.72. The molecule has 0 unspecified atom stereocenters. The molecule has 2 amide bonds. The summed E-state index contributed by atoms with van der Waals surface area (Å²) in [5.74, 6) is 2.39. The number of urea groups is 1. The highest BCUT2D eigenvalue weighted by atomic mass is 16.2. The van der Waals surface area contributed by atoms with Crippen LogP contribution in [0.4, 0.5) is 4.79 Å². The van der Waals surface area contributed by atoms with Crippen molar-refractivity contribution < 1.29 is 4.79 Å². The molecule has 2 heterocycles. The molecule has 1 aliphatic heterocycles. The zero-order valence-corrected chi connectivity index (χ0v) is 14.6. The molecular formula is C20H26N4O. The third-order valence-corrected chi connectivity index (χ3v) is 5.30. The highest BCUT2D eigenvalue weighted by molar-refractivity contribution is 5.73. The fourth-order valence-corrected chi connectivity index (χ4v) is 3.76. The zero-order valence-electron chi connectivity index (χ0n) is 14.6. The van der Waals surface area contributed by atoms with Gasteiger partial charge >= 0.3 is 6.03 Å². The Morgan fingerprint density at radius 2 is 2.08 bits per heavy atom. The van der Waals surface area contributed by atoms with Gasteiger partial charge in [0.15, 0.2) is 0 Å². The van der Waals surface area contributed by atoms with Crippen LogP contribution < -0.4 is 10.6 Å². The summed E-state index contributed by atoms with van der Waals surface area (Å²) in [6.07, 6.45) is 7.67. The highest BCUT2D eigenvalue weighted by Crippen LogP contribution is 2.46. The predicted octanol–water partition coefficient (Wildman–Crippen LogP) is 2.86. The van der Waals surface area contributed by atoms with E-state index < -0.39 is 0 Å². The lowest BCUT2D eigenvalue weighted by Gasteiger charge is -2.11. The van der Waals surface area contributed by atoms with Gasteiger partial charge in [0.05, 0.1) is 5.69 Å². The average molecular weight is 338 g/mol. The SMILES string of the molecule is O=C(NCCc1cn2c(n1)CCCC2)NC[C@@H]1C[C@H]1c1ccccc1. The molecule has 1 aromatic heterocycles. The highest BCUT2D eigenvalue weighted by Gasteiger charge is 2.37. The fraction of sp³-hybridized carbons (Fsp3) is 0.500. The third-order valence-electron chi connectivity index (χ3n) is 5.30. The van der Waals surface area contributed by atoms with Gasteiger partial charge in [0.1, 0.15) is 5.82 Å². The first-order valence-electron chi connectivity index (χ1n) is 9.41. The van der Waals surface area contributed by atoms with E-state index in [2.05, 4.69) is 50.6 Å². The van der Waals surface area contributed by atoms with Crippen molar-refractivity contribution in [2.45, 2.75) is 44.6 Å². The molecule has 4 rings (SSSR count). The number of hydrogen-bond acceptors (Lipinski definition) is 2. The summed E-state index contributed by atoms with van der Waals surface area (Å²) in [5.41, 5.74) is 2.47. The number of nitrogens with one attached hydrogen (secondary N) is 2. The second kappa shape index (κ2) is 7.30. The van der Waals surface area contributed by atoms with Crippen molar-refractivity contribution in [3.05, 3.63) is 53.6 Å². The average Bonchev–Trinajstić information content (AvgIpc) is 3.31. The van der Waals surface area contributed by atoms with E-state index in [1.165, 1.54) is 30.7 Å². The molecular weight excluding hydrogens is 312 g/mol. The molecule has 1 aromatic carbocycles. The van der Waals surface area contributed by atoms with Crippen LogP contribution in [0.1, 0.15) is 42.3 Å². The number of carbonyl (C=O) groups excluding carboxylic acids is 1. The first-order chi connectivity index (χ1) is 12.3. The number of benzene rings is 1. The van der Waals surface area contributed by atoms with E-state index in [4.69, 9.17) is 0 Å². The number of nitrogens with zero attached hydrogens (tertiary/aromatic N) is 2. The smallest absolute Gasteiger partial charge is 0.314 e. The Hall–Kier alpha value is -2.30. The molecule has 1 aliphatic carbocycles. The molecule has 25 heavy (non-hydrogen) atoms. The Bertz CT molecular complexity index is 701. The van der Waals surface area contributed by atoms with Gasteiger partial charge in [-0.15, -0.1) is 0 Å². The van der Waals surface area contributed by atoms with Crippen molar-refractivity contribution >= 4 is 6.03 Å². The summed E-state index contributed by atoms with van der Waals surface area (Å²) in [6.45, 7) is 2.47. The summed E-state index contributed by atoms with van der Waals surface area (Å²) in [4.78, 5) is 16.6. The maximum Gasteiger partial charge on any atom is 0.314 e. The van der Waals surface area contributed by atoms with E-state index in [9.17, 15) is 4.79 Å². The van der Waals surface area contributed by atoms with Crippen LogP contribution in [-0.4, -0.2) is 28.7 Å². The molecule has 0 radical (unpaired) electrons. The molecule has 1 fully saturated rings. The van der Waals surface area contributed by atoms with E-state index in [0.29, 0.717) is 18.4 Å². The minimum Gasteiger partial charge on any atom is -0.338 e. The lowest BCUT2D eigenvalue weighted by molar-refractivity contribution is 0.240. The first-order valence-corrected chi connectivity index (χ1v) is 9.41. The maximum absolute atomic E-state index is 12.0. The molecule has 2 atom stereocenters. The molecule has 2 N–H and O–H groups in total. The quantitative estimate of drug-likeness (QED) is 0.851. The lowest BCUT2D eigenvalue weighted by Crippen LogP contribution is -2.37. The normalized spacial score (nSPS) is 21.4. The van der Waals surface area contributed by atoms with Gasteiger partial charge in [-0.3, -0.25) is 0 Å². The standard InChI is InChI=1S/C20H26N4O/c25-20(22-13-16-12-18(16)15-6-2-1-3-7-15)21-10-9-17-14-24-11-5-4-8-19(24)23-17/h1-3,6-7,14,16,18H,4-5,8-13H2,(H2,21,22,25)/t16-,18-/m0/s1. The zero-order chi connectivity index (χ0) is 17.1. The number of carbonyl (C=O) groups is 1. The topological polar surface area (TPSA) is 59.0 Å². The molecule has 2 aliphatic rings. The van der Waals surface area contributed by atoms with Gasteiger partial charge in [0, 0.05) is 38.7 Å². The van der Waals surface area contributed by atoms with Crippen LogP contribution in [-0.2, 0) is 19.4 Å². The second-order valence-corrected chi connectivity index (χ2v) is 7.20. The van der Waals surface area contributed by atoms with Crippen molar-refractivity contribution in [2.75, 3.05) is 13.1 Å². The van der Waals surface area contributed by atoms with Crippen LogP contribution in [0.3, 0.4) is 0 Å². The van der Waals surface area contributed by atoms with Crippen molar-refractivity contribution in [2.24, 2.45) is 5.92 Å². The van der Waals surface area contributed by atoms with Gasteiger partial charge in [-0.1, -0.05) is 30.3 Å². The summed E-state index contributed by atoms with van der Waals surface area (Å²) in [7, 11) is 0. The monoisotopic (exact) mass is 338 g/mol. The van der Waals surface area contributed by atoms with Gasteiger partial charge < -0.3 is 15.2 Å². The number of rotatable bonds is 6. The molecule has 1 saturated carbocycles. The molecule has 132 valence electrons. The van der Waals surface area contributed by atoms with Gasteiger partial charge in [0.2, 0.25) is 0 Å². The Morgan fingerprint density at radius 1 is 1.20 bits per heavy atom. The summed E-state index contributed by atoms with van der Waals surface area (Å²) < 4.78 is 2.26. The Morgan fingerprint density at radius 3 is 2.92 bits per heavy atom. The van der Waals surface area contributed by atoms with Crippen molar-refractivity contribution in [1.82, 2.24) is 20.2 Å². The Balaban J connectivity index is 1.15. The van der Waals surface area contributed by atoms with Gasteiger partial charge in [-0.05, 0) is 36.7 Å². The van der Waals surface area contributed by atoms with Gasteiger partial charge in [0.25, 0.3) is 0 Å². The number of hydrogen-bond donors (Lipinski definition) is 2. The molecule has 0 spiro atoms. The van der Waals surface area contributed by atoms with Crippen LogP contribution in [0.25, 0.3) is 0 Å². The van der Waals surface area contributed by atoms with Crippen LogP contribution in [0.2, 0.25) is 0 Å². The van der Waals surface area contributed by atoms with Gasteiger partial charge in [-0.25, -0.2) is 9.78 Å². The van der Waals surface area contributed by atoms with E-state index in [1.807, 2.05) is 6.07 Å². The first kappa shape index (κ1) is 16.2. The molecule has 0 bridgehead atoms. The van der Waals surface area contributed by atoms with Crippen molar-refractivity contribution in [1.29, 1.82) is 0 Å². The second-order valence-electron chi connectivity index (χ2n) is 7.20. The molecule has 5 nitrogen and oxygen atoms in total. The van der Waals surface area contributed by atoms with Crippen molar-refractivity contribution in [3.8, 4) is 0 Å². The minimum atomic E-state index is -0.0670. The van der Waals surface area contributed by atoms with Crippen LogP contribution in [0.15, 0.2) is 36.5 Å². The minimum absolute atomic E-state index is 0.0670. The molecule has 0 saturated heterocycles. The lowest BCUT2D eigenvalue weighted by atomic mass is 10.1. The number of imidazole rings is 1. The Labute approximate surface area is 148 Å². The van der Waals surface area contributed by atoms with E-state index >= 15 is 0 Å². The van der Waals surface area contributed by atoms with Crippen LogP contribution in [0.5, 0.6) is 0 Å². The third kappa shape index (κ3) is 4.03. The molecule has 2 aromatic rings. The number of amides is 2. The van der Waals surface area contributed by atoms with Gasteiger partial charge in [-0.2, -0.15) is 0 Å². The van der Waals surface area contributed by atoms with Crippen LogP contribution >= 0.6 is 0 Å². The predicted molar refractivity (Wildman–Crippen MR) is 97.6 cm³/mol.